The predicted octanol–water partition coefficient (Wildman–Crippen LogP) is 0.936. The Hall–Kier alpha value is -0.430. The van der Waals surface area contributed by atoms with Gasteiger partial charge in [-0.1, -0.05) is 6.92 Å². The van der Waals surface area contributed by atoms with Crippen LogP contribution >= 0.6 is 11.3 Å². The summed E-state index contributed by atoms with van der Waals surface area (Å²) in [5.41, 5.74) is 5.49. The van der Waals surface area contributed by atoms with Crippen molar-refractivity contribution in [3.05, 3.63) is 17.0 Å². The first kappa shape index (κ1) is 12.6. The molecule has 0 radical (unpaired) electrons. The maximum absolute atomic E-state index is 11.7. The van der Waals surface area contributed by atoms with E-state index in [1.807, 2.05) is 13.0 Å². The van der Waals surface area contributed by atoms with E-state index in [4.69, 9.17) is 5.73 Å². The zero-order valence-electron chi connectivity index (χ0n) is 8.86. The SMILES string of the molecule is CCc1ccc(S(=O)(=O)NCC(C)N)s1. The molecule has 0 aliphatic carbocycles. The van der Waals surface area contributed by atoms with Crippen LogP contribution in [0.3, 0.4) is 0 Å². The number of hydrogen-bond donors (Lipinski definition) is 2. The summed E-state index contributed by atoms with van der Waals surface area (Å²) >= 11 is 1.30. The first-order chi connectivity index (χ1) is 6.95. The summed E-state index contributed by atoms with van der Waals surface area (Å²) < 4.78 is 26.3. The Labute approximate surface area is 94.5 Å². The van der Waals surface area contributed by atoms with E-state index in [2.05, 4.69) is 4.72 Å². The van der Waals surface area contributed by atoms with Crippen LogP contribution in [-0.2, 0) is 16.4 Å². The van der Waals surface area contributed by atoms with E-state index in [0.717, 1.165) is 11.3 Å². The zero-order valence-corrected chi connectivity index (χ0v) is 10.5. The highest BCUT2D eigenvalue weighted by Crippen LogP contribution is 2.21. The molecule has 3 N–H and O–H groups in total. The van der Waals surface area contributed by atoms with E-state index >= 15 is 0 Å². The minimum atomic E-state index is -3.36. The standard InChI is InChI=1S/C9H16N2O2S2/c1-3-8-4-5-9(14-8)15(12,13)11-6-7(2)10/h4-5,7,11H,3,6,10H2,1-2H3. The van der Waals surface area contributed by atoms with Gasteiger partial charge in [-0.15, -0.1) is 11.3 Å². The lowest BCUT2D eigenvalue weighted by atomic mass is 10.4. The predicted molar refractivity (Wildman–Crippen MR) is 62.5 cm³/mol. The molecule has 1 unspecified atom stereocenters. The van der Waals surface area contributed by atoms with E-state index < -0.39 is 10.0 Å². The minimum Gasteiger partial charge on any atom is -0.327 e. The molecular formula is C9H16N2O2S2. The summed E-state index contributed by atoms with van der Waals surface area (Å²) in [4.78, 5) is 1.07. The highest BCUT2D eigenvalue weighted by atomic mass is 32.2. The molecule has 0 bridgehead atoms. The van der Waals surface area contributed by atoms with E-state index in [-0.39, 0.29) is 12.6 Å². The fraction of sp³-hybridized carbons (Fsp3) is 0.556. The average Bonchev–Trinajstić information content (AvgIpc) is 2.63. The van der Waals surface area contributed by atoms with Crippen molar-refractivity contribution in [2.24, 2.45) is 5.73 Å². The Balaban J connectivity index is 2.77. The summed E-state index contributed by atoms with van der Waals surface area (Å²) in [5.74, 6) is 0. The Bertz CT molecular complexity index is 410. The van der Waals surface area contributed by atoms with Gasteiger partial charge in [0.2, 0.25) is 10.0 Å². The number of hydrogen-bond acceptors (Lipinski definition) is 4. The molecule has 0 aliphatic heterocycles. The van der Waals surface area contributed by atoms with Crippen molar-refractivity contribution in [1.29, 1.82) is 0 Å². The molecule has 0 saturated heterocycles. The normalized spacial score (nSPS) is 14.1. The number of nitrogens with two attached hydrogens (primary N) is 1. The molecule has 0 aromatic carbocycles. The summed E-state index contributed by atoms with van der Waals surface area (Å²) in [6, 6.07) is 3.29. The number of nitrogens with one attached hydrogen (secondary N) is 1. The van der Waals surface area contributed by atoms with E-state index in [9.17, 15) is 8.42 Å². The van der Waals surface area contributed by atoms with Crippen molar-refractivity contribution in [3.8, 4) is 0 Å². The van der Waals surface area contributed by atoms with Crippen LogP contribution in [0.25, 0.3) is 0 Å². The van der Waals surface area contributed by atoms with E-state index in [1.54, 1.807) is 13.0 Å². The monoisotopic (exact) mass is 248 g/mol. The third-order valence-corrected chi connectivity index (χ3v) is 4.99. The van der Waals surface area contributed by atoms with Crippen molar-refractivity contribution in [2.45, 2.75) is 30.5 Å². The Morgan fingerprint density at radius 3 is 2.67 bits per heavy atom. The van der Waals surface area contributed by atoms with Crippen LogP contribution in [0.5, 0.6) is 0 Å². The second-order valence-corrected chi connectivity index (χ2v) is 6.57. The largest absolute Gasteiger partial charge is 0.327 e. The second kappa shape index (κ2) is 5.07. The summed E-state index contributed by atoms with van der Waals surface area (Å²) in [5, 5.41) is 0. The maximum atomic E-state index is 11.7. The Morgan fingerprint density at radius 1 is 1.53 bits per heavy atom. The van der Waals surface area contributed by atoms with Gasteiger partial charge in [-0.3, -0.25) is 0 Å². The van der Waals surface area contributed by atoms with Crippen molar-refractivity contribution in [2.75, 3.05) is 6.54 Å². The zero-order chi connectivity index (χ0) is 11.5. The fourth-order valence-corrected chi connectivity index (χ4v) is 3.49. The van der Waals surface area contributed by atoms with Gasteiger partial charge >= 0.3 is 0 Å². The molecule has 0 aliphatic rings. The molecule has 1 aromatic rings. The minimum absolute atomic E-state index is 0.176. The van der Waals surface area contributed by atoms with Crippen LogP contribution < -0.4 is 10.5 Å². The van der Waals surface area contributed by atoms with Gasteiger partial charge in [-0.05, 0) is 25.5 Å². The molecule has 1 atom stereocenters. The molecule has 86 valence electrons. The summed E-state index contributed by atoms with van der Waals surface area (Å²) in [7, 11) is -3.36. The number of thiophene rings is 1. The molecule has 15 heavy (non-hydrogen) atoms. The first-order valence-corrected chi connectivity index (χ1v) is 7.09. The van der Waals surface area contributed by atoms with Crippen molar-refractivity contribution in [3.63, 3.8) is 0 Å². The average molecular weight is 248 g/mol. The molecule has 0 saturated carbocycles. The smallest absolute Gasteiger partial charge is 0.250 e. The van der Waals surface area contributed by atoms with E-state index in [1.165, 1.54) is 11.3 Å². The lowest BCUT2D eigenvalue weighted by molar-refractivity contribution is 0.576. The molecule has 1 heterocycles. The van der Waals surface area contributed by atoms with Gasteiger partial charge in [0.25, 0.3) is 0 Å². The van der Waals surface area contributed by atoms with Gasteiger partial charge < -0.3 is 5.73 Å². The number of aryl methyl sites for hydroxylation is 1. The van der Waals surface area contributed by atoms with Gasteiger partial charge in [0.05, 0.1) is 0 Å². The van der Waals surface area contributed by atoms with Crippen LogP contribution in [-0.4, -0.2) is 21.0 Å². The molecule has 0 spiro atoms. The van der Waals surface area contributed by atoms with Crippen molar-refractivity contribution < 1.29 is 8.42 Å². The third-order valence-electron chi connectivity index (χ3n) is 1.85. The Morgan fingerprint density at radius 2 is 2.20 bits per heavy atom. The van der Waals surface area contributed by atoms with Gasteiger partial charge in [0, 0.05) is 17.5 Å². The lowest BCUT2D eigenvalue weighted by Crippen LogP contribution is -2.34. The molecule has 1 rings (SSSR count). The van der Waals surface area contributed by atoms with Crippen LogP contribution in [0.4, 0.5) is 0 Å². The maximum Gasteiger partial charge on any atom is 0.250 e. The number of sulfonamides is 1. The Kier molecular flexibility index (Phi) is 4.27. The lowest BCUT2D eigenvalue weighted by Gasteiger charge is -2.06. The van der Waals surface area contributed by atoms with Gasteiger partial charge in [0.15, 0.2) is 0 Å². The van der Waals surface area contributed by atoms with Crippen molar-refractivity contribution >= 4 is 21.4 Å². The second-order valence-electron chi connectivity index (χ2n) is 3.40. The first-order valence-electron chi connectivity index (χ1n) is 4.79. The molecule has 0 amide bonds. The molecule has 6 heteroatoms. The highest BCUT2D eigenvalue weighted by Gasteiger charge is 2.16. The van der Waals surface area contributed by atoms with Gasteiger partial charge in [-0.25, -0.2) is 13.1 Å². The van der Waals surface area contributed by atoms with Crippen molar-refractivity contribution in [1.82, 2.24) is 4.72 Å². The van der Waals surface area contributed by atoms with Gasteiger partial charge in [-0.2, -0.15) is 0 Å². The highest BCUT2D eigenvalue weighted by molar-refractivity contribution is 7.91. The van der Waals surface area contributed by atoms with E-state index in [0.29, 0.717) is 4.21 Å². The molecule has 1 aromatic heterocycles. The fourth-order valence-electron chi connectivity index (χ4n) is 1.00. The molecule has 4 nitrogen and oxygen atoms in total. The summed E-state index contributed by atoms with van der Waals surface area (Å²) in [6.07, 6.45) is 0.855. The number of rotatable bonds is 5. The third kappa shape index (κ3) is 3.57. The van der Waals surface area contributed by atoms with Crippen LogP contribution in [0.15, 0.2) is 16.3 Å². The van der Waals surface area contributed by atoms with Gasteiger partial charge in [0.1, 0.15) is 4.21 Å². The quantitative estimate of drug-likeness (QED) is 0.814. The molecule has 0 fully saturated rings. The van der Waals surface area contributed by atoms with Crippen LogP contribution in [0.1, 0.15) is 18.7 Å². The van der Waals surface area contributed by atoms with Crippen LogP contribution in [0, 0.1) is 0 Å². The molecular weight excluding hydrogens is 232 g/mol. The van der Waals surface area contributed by atoms with Crippen LogP contribution in [0.2, 0.25) is 0 Å². The summed E-state index contributed by atoms with van der Waals surface area (Å²) in [6.45, 7) is 4.02. The topological polar surface area (TPSA) is 72.2 Å².